The summed E-state index contributed by atoms with van der Waals surface area (Å²) in [7, 11) is 0. The molecule has 3 heterocycles. The molecule has 3 aromatic heterocycles. The van der Waals surface area contributed by atoms with E-state index >= 15 is 0 Å². The summed E-state index contributed by atoms with van der Waals surface area (Å²) in [6.45, 7) is 15.3. The van der Waals surface area contributed by atoms with Crippen molar-refractivity contribution in [1.29, 1.82) is 0 Å². The number of allylic oxidation sites excluding steroid dienone is 1. The second-order valence-electron chi connectivity index (χ2n) is 5.70. The number of aromatic nitrogens is 1. The van der Waals surface area contributed by atoms with Gasteiger partial charge in [-0.05, 0) is 58.0 Å². The Balaban J connectivity index is 2.12. The highest BCUT2D eigenvalue weighted by molar-refractivity contribution is 7.19. The van der Waals surface area contributed by atoms with Crippen molar-refractivity contribution < 1.29 is 4.42 Å². The molecule has 0 spiro atoms. The van der Waals surface area contributed by atoms with Crippen LogP contribution in [-0.2, 0) is 0 Å². The smallest absolute Gasteiger partial charge is 0.166 e. The van der Waals surface area contributed by atoms with Gasteiger partial charge in [0.2, 0.25) is 0 Å². The van der Waals surface area contributed by atoms with E-state index in [0.717, 1.165) is 17.2 Å². The Kier molecular flexibility index (Phi) is 3.67. The number of aryl methyl sites for hydroxylation is 1. The van der Waals surface area contributed by atoms with Gasteiger partial charge in [0.05, 0.1) is 22.5 Å². The molecule has 3 aromatic rings. The molecule has 0 N–H and O–H groups in total. The largest absolute Gasteiger partial charge is 0.457 e. The van der Waals surface area contributed by atoms with Gasteiger partial charge >= 0.3 is 0 Å². The molecular formula is C18H18N2OS. The summed E-state index contributed by atoms with van der Waals surface area (Å²) >= 11 is 1.81. The molecule has 0 bridgehead atoms. The van der Waals surface area contributed by atoms with E-state index < -0.39 is 0 Å². The lowest BCUT2D eigenvalue weighted by molar-refractivity contribution is 0.553. The standard InChI is InChI=1S/C18H18N2OS/c1-11(2)20-15(10-18-16(20)9-13(4)22-18)17-7-6-14(21-17)8-12(3)19-5/h6-11H,1-4H3/b12-8-. The van der Waals surface area contributed by atoms with Gasteiger partial charge in [0.15, 0.2) is 11.5 Å². The van der Waals surface area contributed by atoms with Crippen LogP contribution < -0.4 is 0 Å². The Morgan fingerprint density at radius 3 is 2.82 bits per heavy atom. The number of hydrogen-bond donors (Lipinski definition) is 0. The molecule has 0 saturated heterocycles. The highest BCUT2D eigenvalue weighted by atomic mass is 32.1. The molecule has 0 unspecified atom stereocenters. The van der Waals surface area contributed by atoms with Crippen LogP contribution in [0, 0.1) is 13.5 Å². The maximum absolute atomic E-state index is 7.00. The zero-order chi connectivity index (χ0) is 15.9. The van der Waals surface area contributed by atoms with Gasteiger partial charge in [-0.15, -0.1) is 11.3 Å². The average molecular weight is 310 g/mol. The minimum atomic E-state index is 0.357. The summed E-state index contributed by atoms with van der Waals surface area (Å²) < 4.78 is 9.52. The fourth-order valence-electron chi connectivity index (χ4n) is 2.69. The van der Waals surface area contributed by atoms with Gasteiger partial charge in [-0.1, -0.05) is 0 Å². The lowest BCUT2D eigenvalue weighted by Gasteiger charge is -2.12. The SMILES string of the molecule is [C-]#[N+]/C(C)=C\c1ccc(-c2cc3sc(C)cc3n2C(C)C)o1. The third-order valence-corrected chi connectivity index (χ3v) is 4.56. The molecule has 0 amide bonds. The van der Waals surface area contributed by atoms with Gasteiger partial charge in [0.25, 0.3) is 0 Å². The highest BCUT2D eigenvalue weighted by Crippen LogP contribution is 2.36. The van der Waals surface area contributed by atoms with E-state index in [1.807, 2.05) is 12.1 Å². The number of furan rings is 1. The Labute approximate surface area is 134 Å². The molecule has 3 nitrogen and oxygen atoms in total. The Bertz CT molecular complexity index is 899. The number of hydrogen-bond acceptors (Lipinski definition) is 2. The van der Waals surface area contributed by atoms with Crippen molar-refractivity contribution in [2.24, 2.45) is 0 Å². The van der Waals surface area contributed by atoms with Crippen LogP contribution in [0.5, 0.6) is 0 Å². The van der Waals surface area contributed by atoms with Crippen molar-refractivity contribution >= 4 is 27.6 Å². The molecule has 0 aliphatic carbocycles. The number of thiophene rings is 1. The zero-order valence-electron chi connectivity index (χ0n) is 13.2. The predicted molar refractivity (Wildman–Crippen MR) is 92.9 cm³/mol. The van der Waals surface area contributed by atoms with Crippen LogP contribution in [-0.4, -0.2) is 4.57 Å². The van der Waals surface area contributed by atoms with Crippen LogP contribution in [0.15, 0.2) is 34.4 Å². The Morgan fingerprint density at radius 1 is 1.36 bits per heavy atom. The van der Waals surface area contributed by atoms with Crippen LogP contribution in [0.25, 0.3) is 32.6 Å². The van der Waals surface area contributed by atoms with Crippen molar-refractivity contribution in [2.45, 2.75) is 33.7 Å². The maximum Gasteiger partial charge on any atom is 0.166 e. The molecular weight excluding hydrogens is 292 g/mol. The fraction of sp³-hybridized carbons (Fsp3) is 0.278. The first-order chi connectivity index (χ1) is 10.5. The van der Waals surface area contributed by atoms with Crippen molar-refractivity contribution in [3.63, 3.8) is 0 Å². The van der Waals surface area contributed by atoms with Crippen LogP contribution >= 0.6 is 11.3 Å². The minimum absolute atomic E-state index is 0.357. The van der Waals surface area contributed by atoms with Crippen molar-refractivity contribution in [3.05, 3.63) is 52.0 Å². The molecule has 0 saturated carbocycles. The Hall–Kier alpha value is -2.25. The summed E-state index contributed by atoms with van der Waals surface area (Å²) in [4.78, 5) is 4.72. The van der Waals surface area contributed by atoms with Crippen LogP contribution in [0.3, 0.4) is 0 Å². The lowest BCUT2D eigenvalue weighted by Crippen LogP contribution is -2.01. The maximum atomic E-state index is 7.00. The average Bonchev–Trinajstić information content (AvgIpc) is 3.11. The third kappa shape index (κ3) is 2.49. The number of rotatable bonds is 3. The van der Waals surface area contributed by atoms with Crippen LogP contribution in [0.4, 0.5) is 0 Å². The molecule has 3 rings (SSSR count). The van der Waals surface area contributed by atoms with Crippen molar-refractivity contribution in [2.75, 3.05) is 0 Å². The van der Waals surface area contributed by atoms with Gasteiger partial charge < -0.3 is 8.98 Å². The molecule has 112 valence electrons. The summed E-state index contributed by atoms with van der Waals surface area (Å²) in [5, 5.41) is 0. The van der Waals surface area contributed by atoms with Gasteiger partial charge in [0, 0.05) is 10.9 Å². The molecule has 4 heteroatoms. The number of fused-ring (bicyclic) bond motifs is 1. The molecule has 0 fully saturated rings. The van der Waals surface area contributed by atoms with Gasteiger partial charge in [-0.3, -0.25) is 0 Å². The van der Waals surface area contributed by atoms with Crippen LogP contribution in [0.2, 0.25) is 0 Å². The monoisotopic (exact) mass is 310 g/mol. The van der Waals surface area contributed by atoms with Crippen molar-refractivity contribution in [3.8, 4) is 11.5 Å². The zero-order valence-corrected chi connectivity index (χ0v) is 14.0. The molecule has 0 radical (unpaired) electrons. The number of nitrogens with zero attached hydrogens (tertiary/aromatic N) is 2. The second kappa shape index (κ2) is 5.51. The van der Waals surface area contributed by atoms with E-state index in [-0.39, 0.29) is 0 Å². The molecule has 0 aliphatic rings. The van der Waals surface area contributed by atoms with Gasteiger partial charge in [0.1, 0.15) is 5.76 Å². The quantitative estimate of drug-likeness (QED) is 0.533. The minimum Gasteiger partial charge on any atom is -0.457 e. The van der Waals surface area contributed by atoms with E-state index in [9.17, 15) is 0 Å². The van der Waals surface area contributed by atoms with Crippen molar-refractivity contribution in [1.82, 2.24) is 4.57 Å². The summed E-state index contributed by atoms with van der Waals surface area (Å²) in [5.74, 6) is 1.57. The van der Waals surface area contributed by atoms with Crippen LogP contribution in [0.1, 0.15) is 37.5 Å². The first kappa shape index (κ1) is 14.7. The molecule has 22 heavy (non-hydrogen) atoms. The van der Waals surface area contributed by atoms with E-state index in [0.29, 0.717) is 11.7 Å². The summed E-state index contributed by atoms with van der Waals surface area (Å²) in [5.41, 5.74) is 2.98. The molecule has 0 atom stereocenters. The third-order valence-electron chi connectivity index (χ3n) is 3.57. The van der Waals surface area contributed by atoms with E-state index in [2.05, 4.69) is 42.3 Å². The molecule has 0 aromatic carbocycles. The van der Waals surface area contributed by atoms with E-state index in [1.165, 1.54) is 15.1 Å². The first-order valence-electron chi connectivity index (χ1n) is 7.27. The summed E-state index contributed by atoms with van der Waals surface area (Å²) in [6, 6.07) is 8.68. The Morgan fingerprint density at radius 2 is 2.14 bits per heavy atom. The second-order valence-corrected chi connectivity index (χ2v) is 6.99. The predicted octanol–water partition coefficient (Wildman–Crippen LogP) is 6.13. The topological polar surface area (TPSA) is 22.4 Å². The normalized spacial score (nSPS) is 12.3. The van der Waals surface area contributed by atoms with E-state index in [4.69, 9.17) is 11.0 Å². The fourth-order valence-corrected chi connectivity index (χ4v) is 3.64. The highest BCUT2D eigenvalue weighted by Gasteiger charge is 2.17. The lowest BCUT2D eigenvalue weighted by atomic mass is 10.3. The van der Waals surface area contributed by atoms with E-state index in [1.54, 1.807) is 24.3 Å². The molecule has 0 aliphatic heterocycles. The van der Waals surface area contributed by atoms with Gasteiger partial charge in [-0.2, -0.15) is 0 Å². The summed E-state index contributed by atoms with van der Waals surface area (Å²) in [6.07, 6.45) is 1.77. The van der Waals surface area contributed by atoms with Gasteiger partial charge in [-0.25, -0.2) is 4.85 Å². The first-order valence-corrected chi connectivity index (χ1v) is 8.08.